The second kappa shape index (κ2) is 8.16. The molecule has 1 aromatic heterocycles. The van der Waals surface area contributed by atoms with Crippen molar-refractivity contribution in [3.8, 4) is 0 Å². The maximum Gasteiger partial charge on any atom is 0.226 e. The van der Waals surface area contributed by atoms with E-state index in [9.17, 15) is 13.6 Å². The number of hydrogen-bond donors (Lipinski definition) is 1. The molecule has 1 amide bonds. The Morgan fingerprint density at radius 1 is 1.41 bits per heavy atom. The van der Waals surface area contributed by atoms with Gasteiger partial charge in [-0.25, -0.2) is 8.78 Å². The van der Waals surface area contributed by atoms with E-state index in [0.29, 0.717) is 24.3 Å². The summed E-state index contributed by atoms with van der Waals surface area (Å²) in [6, 6.07) is 2.40. The van der Waals surface area contributed by atoms with Crippen LogP contribution in [0.25, 0.3) is 0 Å². The number of carbonyl (C=O) groups excluding carboxylic acids is 1. The molecule has 2 aliphatic heterocycles. The van der Waals surface area contributed by atoms with Gasteiger partial charge in [-0.1, -0.05) is 11.6 Å². The van der Waals surface area contributed by atoms with Crippen LogP contribution in [0.2, 0.25) is 5.02 Å². The summed E-state index contributed by atoms with van der Waals surface area (Å²) in [4.78, 5) is 12.5. The number of carbonyl (C=O) groups is 1. The predicted octanol–water partition coefficient (Wildman–Crippen LogP) is 3.67. The molecule has 4 rings (SSSR count). The smallest absolute Gasteiger partial charge is 0.226 e. The van der Waals surface area contributed by atoms with Crippen LogP contribution in [0.4, 0.5) is 8.78 Å². The molecule has 0 aliphatic carbocycles. The lowest BCUT2D eigenvalue weighted by Gasteiger charge is -2.14. The number of nitrogens with one attached hydrogen (secondary N) is 1. The molecular weight excluding hydrogens is 420 g/mol. The maximum atomic E-state index is 14.5. The first-order valence-electron chi connectivity index (χ1n) is 9.65. The molecule has 2 unspecified atom stereocenters. The lowest BCUT2D eigenvalue weighted by Crippen LogP contribution is -2.33. The van der Waals surface area contributed by atoms with Crippen molar-refractivity contribution in [3.05, 3.63) is 50.5 Å². The van der Waals surface area contributed by atoms with Crippen molar-refractivity contribution in [2.45, 2.75) is 44.2 Å². The Morgan fingerprint density at radius 3 is 2.93 bits per heavy atom. The summed E-state index contributed by atoms with van der Waals surface area (Å²) in [6.07, 6.45) is 2.58. The first-order valence-corrected chi connectivity index (χ1v) is 10.4. The number of ether oxygens (including phenoxy) is 1. The van der Waals surface area contributed by atoms with Gasteiger partial charge in [-0.05, 0) is 43.6 Å². The Bertz CT molecular complexity index is 1010. The van der Waals surface area contributed by atoms with E-state index in [-0.39, 0.29) is 29.0 Å². The zero-order chi connectivity index (χ0) is 20.7. The Labute approximate surface area is 177 Å². The minimum atomic E-state index is -0.728. The molecule has 2 aliphatic rings. The van der Waals surface area contributed by atoms with E-state index in [0.717, 1.165) is 30.8 Å². The standard InChI is InChI=1S/C20H22ClF2N3O2S/c1-25-15(8-17(27)24-9-12-3-2-6-28-12)16-7-11(10-26(16)20(25)29)18-14(22)5-4-13(21)19(18)23/h4-5,11-12H,2-3,6-10H2,1H3,(H,24,27). The quantitative estimate of drug-likeness (QED) is 0.569. The Hall–Kier alpha value is -1.77. The van der Waals surface area contributed by atoms with E-state index in [1.807, 2.05) is 11.6 Å². The number of imidazole rings is 1. The second-order valence-electron chi connectivity index (χ2n) is 7.62. The number of aromatic nitrogens is 2. The third kappa shape index (κ3) is 3.85. The molecule has 29 heavy (non-hydrogen) atoms. The van der Waals surface area contributed by atoms with Crippen LogP contribution in [0.5, 0.6) is 0 Å². The predicted molar refractivity (Wildman–Crippen MR) is 108 cm³/mol. The molecule has 0 spiro atoms. The topological polar surface area (TPSA) is 48.2 Å². The minimum absolute atomic E-state index is 0.0213. The van der Waals surface area contributed by atoms with Gasteiger partial charge in [0.15, 0.2) is 4.77 Å². The second-order valence-corrected chi connectivity index (χ2v) is 8.39. The van der Waals surface area contributed by atoms with Crippen LogP contribution >= 0.6 is 23.8 Å². The van der Waals surface area contributed by atoms with E-state index >= 15 is 0 Å². The van der Waals surface area contributed by atoms with Crippen molar-refractivity contribution in [2.75, 3.05) is 13.2 Å². The van der Waals surface area contributed by atoms with E-state index < -0.39 is 17.6 Å². The monoisotopic (exact) mass is 441 g/mol. The van der Waals surface area contributed by atoms with Crippen molar-refractivity contribution in [1.82, 2.24) is 14.5 Å². The third-order valence-electron chi connectivity index (χ3n) is 5.79. The summed E-state index contributed by atoms with van der Waals surface area (Å²) in [5.41, 5.74) is 1.59. The highest BCUT2D eigenvalue weighted by Crippen LogP contribution is 2.37. The summed E-state index contributed by atoms with van der Waals surface area (Å²) >= 11 is 11.4. The van der Waals surface area contributed by atoms with Gasteiger partial charge in [0.25, 0.3) is 0 Å². The van der Waals surface area contributed by atoms with Crippen LogP contribution in [-0.2, 0) is 36.0 Å². The SMILES string of the molecule is Cn1c(CC(=O)NCC2CCCO2)c2n(c1=S)CC(c1c(F)ccc(Cl)c1F)C2. The van der Waals surface area contributed by atoms with Gasteiger partial charge in [-0.3, -0.25) is 4.79 Å². The molecule has 156 valence electrons. The lowest BCUT2D eigenvalue weighted by molar-refractivity contribution is -0.121. The molecule has 3 heterocycles. The van der Waals surface area contributed by atoms with Crippen molar-refractivity contribution >= 4 is 29.7 Å². The number of amides is 1. The number of nitrogens with zero attached hydrogens (tertiary/aromatic N) is 2. The van der Waals surface area contributed by atoms with Gasteiger partial charge in [0.05, 0.1) is 17.5 Å². The molecule has 9 heteroatoms. The fourth-order valence-electron chi connectivity index (χ4n) is 4.27. The van der Waals surface area contributed by atoms with Gasteiger partial charge in [0.1, 0.15) is 11.6 Å². The van der Waals surface area contributed by atoms with Gasteiger partial charge in [-0.2, -0.15) is 0 Å². The van der Waals surface area contributed by atoms with E-state index in [1.54, 1.807) is 4.57 Å². The molecule has 1 saturated heterocycles. The van der Waals surface area contributed by atoms with Gasteiger partial charge < -0.3 is 19.2 Å². The van der Waals surface area contributed by atoms with Gasteiger partial charge >= 0.3 is 0 Å². The zero-order valence-corrected chi connectivity index (χ0v) is 17.6. The highest BCUT2D eigenvalue weighted by atomic mass is 35.5. The minimum Gasteiger partial charge on any atom is -0.376 e. The third-order valence-corrected chi connectivity index (χ3v) is 6.58. The van der Waals surface area contributed by atoms with Crippen molar-refractivity contribution < 1.29 is 18.3 Å². The summed E-state index contributed by atoms with van der Waals surface area (Å²) in [6.45, 7) is 1.58. The highest BCUT2D eigenvalue weighted by Gasteiger charge is 2.33. The largest absolute Gasteiger partial charge is 0.376 e. The number of rotatable bonds is 5. The van der Waals surface area contributed by atoms with Crippen LogP contribution in [-0.4, -0.2) is 34.3 Å². The van der Waals surface area contributed by atoms with Gasteiger partial charge in [-0.15, -0.1) is 0 Å². The van der Waals surface area contributed by atoms with Crippen LogP contribution in [0.1, 0.15) is 35.7 Å². The van der Waals surface area contributed by atoms with E-state index in [4.69, 9.17) is 28.6 Å². The maximum absolute atomic E-state index is 14.5. The Morgan fingerprint density at radius 2 is 2.21 bits per heavy atom. The Kier molecular flexibility index (Phi) is 5.77. The molecule has 2 aromatic rings. The van der Waals surface area contributed by atoms with Crippen molar-refractivity contribution in [2.24, 2.45) is 7.05 Å². The number of fused-ring (bicyclic) bond motifs is 1. The normalized spacial score (nSPS) is 20.8. The van der Waals surface area contributed by atoms with Crippen LogP contribution in [0.3, 0.4) is 0 Å². The fraction of sp³-hybridized carbons (Fsp3) is 0.500. The fourth-order valence-corrected chi connectivity index (χ4v) is 4.73. The van der Waals surface area contributed by atoms with Crippen LogP contribution in [0, 0.1) is 16.4 Å². The molecule has 0 saturated carbocycles. The average Bonchev–Trinajstić information content (AvgIpc) is 3.40. The zero-order valence-electron chi connectivity index (χ0n) is 16.0. The molecule has 2 atom stereocenters. The van der Waals surface area contributed by atoms with Crippen LogP contribution in [0.15, 0.2) is 12.1 Å². The summed E-state index contributed by atoms with van der Waals surface area (Å²) in [7, 11) is 1.81. The van der Waals surface area contributed by atoms with Gasteiger partial charge in [0, 0.05) is 49.6 Å². The Balaban J connectivity index is 1.54. The molecule has 1 fully saturated rings. The molecule has 5 nitrogen and oxygen atoms in total. The average molecular weight is 442 g/mol. The molecule has 1 aromatic carbocycles. The van der Waals surface area contributed by atoms with Crippen molar-refractivity contribution in [1.29, 1.82) is 0 Å². The number of halogens is 3. The first-order chi connectivity index (χ1) is 13.9. The molecule has 0 bridgehead atoms. The molecule has 0 radical (unpaired) electrons. The van der Waals surface area contributed by atoms with Gasteiger partial charge in [0.2, 0.25) is 5.91 Å². The van der Waals surface area contributed by atoms with Crippen LogP contribution < -0.4 is 5.32 Å². The summed E-state index contributed by atoms with van der Waals surface area (Å²) in [5.74, 6) is -1.88. The van der Waals surface area contributed by atoms with E-state index in [2.05, 4.69) is 5.32 Å². The summed E-state index contributed by atoms with van der Waals surface area (Å²) < 4.78 is 38.6. The molecular formula is C20H22ClF2N3O2S. The first kappa shape index (κ1) is 20.5. The molecule has 1 N–H and O–H groups in total. The summed E-state index contributed by atoms with van der Waals surface area (Å²) in [5, 5.41) is 2.81. The highest BCUT2D eigenvalue weighted by molar-refractivity contribution is 7.71. The van der Waals surface area contributed by atoms with E-state index in [1.165, 1.54) is 12.1 Å². The lowest BCUT2D eigenvalue weighted by atomic mass is 9.95. The van der Waals surface area contributed by atoms with Crippen molar-refractivity contribution in [3.63, 3.8) is 0 Å². The number of hydrogen-bond acceptors (Lipinski definition) is 3. The number of benzene rings is 1.